The number of ether oxygens (including phenoxy) is 2. The number of nitrogens with zero attached hydrogens (tertiary/aromatic N) is 3. The molecule has 3 N–H and O–H groups in total. The highest BCUT2D eigenvalue weighted by Gasteiger charge is 2.19. The monoisotopic (exact) mass is 410 g/mol. The van der Waals surface area contributed by atoms with E-state index in [1.54, 1.807) is 41.7 Å². The minimum Gasteiger partial charge on any atom is -0.454 e. The largest absolute Gasteiger partial charge is 0.454 e. The molecular weight excluding hydrogens is 396 g/mol. The van der Waals surface area contributed by atoms with Gasteiger partial charge in [0, 0.05) is 35.2 Å². The molecule has 0 amide bonds. The van der Waals surface area contributed by atoms with Crippen LogP contribution in [0.25, 0.3) is 5.69 Å². The molecule has 0 unspecified atom stereocenters. The van der Waals surface area contributed by atoms with E-state index < -0.39 is 0 Å². The molecule has 0 atom stereocenters. The summed E-state index contributed by atoms with van der Waals surface area (Å²) in [7, 11) is 0. The molecular formula is C19H15ClN6O3. The number of hydrogen-bond acceptors (Lipinski definition) is 8. The average Bonchev–Trinajstić information content (AvgIpc) is 3.40. The standard InChI is InChI=1S/C19H15ClN6O3/c20-12-1-4-14(5-2-12)26-18(27)10-15(19(23-26)25-8-7-21-24-25)22-13-3-6-16-17(9-13)29-11-28-16/h1-10,21-22,24H,11H2. The fourth-order valence-electron chi connectivity index (χ4n) is 2.99. The molecule has 0 spiro atoms. The Bertz CT molecular complexity index is 1160. The Balaban J connectivity index is 1.57. The molecule has 0 bridgehead atoms. The van der Waals surface area contributed by atoms with Crippen molar-refractivity contribution in [1.82, 2.24) is 20.7 Å². The molecule has 29 heavy (non-hydrogen) atoms. The average molecular weight is 411 g/mol. The first-order chi connectivity index (χ1) is 14.2. The maximum Gasteiger partial charge on any atom is 0.273 e. The molecule has 0 saturated heterocycles. The van der Waals surface area contributed by atoms with Gasteiger partial charge in [-0.15, -0.1) is 10.6 Å². The Labute approximate surface area is 170 Å². The zero-order chi connectivity index (χ0) is 19.8. The quantitative estimate of drug-likeness (QED) is 0.604. The summed E-state index contributed by atoms with van der Waals surface area (Å²) in [5.41, 5.74) is 7.35. The first-order valence-electron chi connectivity index (χ1n) is 8.71. The Morgan fingerprint density at radius 1 is 1.07 bits per heavy atom. The molecule has 0 radical (unpaired) electrons. The highest BCUT2D eigenvalue weighted by Crippen LogP contribution is 2.36. The number of halogens is 1. The number of anilines is 3. The molecule has 0 saturated carbocycles. The summed E-state index contributed by atoms with van der Waals surface area (Å²) in [6, 6.07) is 13.8. The van der Waals surface area contributed by atoms with E-state index in [0.29, 0.717) is 33.7 Å². The lowest BCUT2D eigenvalue weighted by atomic mass is 10.2. The topological polar surface area (TPSA) is 92.7 Å². The second-order valence-corrected chi connectivity index (χ2v) is 6.68. The number of hydrazine groups is 2. The van der Waals surface area contributed by atoms with E-state index in [0.717, 1.165) is 5.69 Å². The van der Waals surface area contributed by atoms with Crippen LogP contribution in [0, 0.1) is 0 Å². The molecule has 146 valence electrons. The van der Waals surface area contributed by atoms with E-state index in [1.807, 2.05) is 18.2 Å². The normalized spacial score (nSPS) is 14.2. The van der Waals surface area contributed by atoms with Crippen molar-refractivity contribution in [2.45, 2.75) is 0 Å². The summed E-state index contributed by atoms with van der Waals surface area (Å²) in [5.74, 6) is 1.80. The van der Waals surface area contributed by atoms with E-state index >= 15 is 0 Å². The predicted molar refractivity (Wildman–Crippen MR) is 109 cm³/mol. The summed E-state index contributed by atoms with van der Waals surface area (Å²) in [5, 5.41) is 10.0. The van der Waals surface area contributed by atoms with Crippen LogP contribution in [0.4, 0.5) is 17.2 Å². The van der Waals surface area contributed by atoms with Gasteiger partial charge in [0.05, 0.1) is 11.4 Å². The maximum absolute atomic E-state index is 12.8. The van der Waals surface area contributed by atoms with Gasteiger partial charge < -0.3 is 20.2 Å². The Morgan fingerprint density at radius 2 is 1.90 bits per heavy atom. The maximum atomic E-state index is 12.8. The van der Waals surface area contributed by atoms with Crippen LogP contribution in [-0.4, -0.2) is 16.6 Å². The summed E-state index contributed by atoms with van der Waals surface area (Å²) in [6.45, 7) is 0.191. The van der Waals surface area contributed by atoms with Gasteiger partial charge in [-0.1, -0.05) is 11.6 Å². The Kier molecular flexibility index (Phi) is 4.23. The van der Waals surface area contributed by atoms with Crippen LogP contribution >= 0.6 is 11.6 Å². The van der Waals surface area contributed by atoms with Crippen molar-refractivity contribution in [2.75, 3.05) is 17.1 Å². The molecule has 0 aliphatic carbocycles. The molecule has 3 heterocycles. The fourth-order valence-corrected chi connectivity index (χ4v) is 3.12. The van der Waals surface area contributed by atoms with Gasteiger partial charge in [-0.05, 0) is 36.4 Å². The molecule has 5 rings (SSSR count). The van der Waals surface area contributed by atoms with Crippen LogP contribution in [0.5, 0.6) is 11.5 Å². The molecule has 3 aromatic rings. The lowest BCUT2D eigenvalue weighted by molar-refractivity contribution is 0.174. The van der Waals surface area contributed by atoms with Crippen molar-refractivity contribution >= 4 is 28.8 Å². The van der Waals surface area contributed by atoms with Crippen molar-refractivity contribution in [2.24, 2.45) is 0 Å². The van der Waals surface area contributed by atoms with Crippen molar-refractivity contribution < 1.29 is 9.47 Å². The van der Waals surface area contributed by atoms with Gasteiger partial charge >= 0.3 is 0 Å². The summed E-state index contributed by atoms with van der Waals surface area (Å²) in [4.78, 5) is 12.8. The van der Waals surface area contributed by atoms with Gasteiger partial charge in [-0.25, -0.2) is 5.01 Å². The molecule has 0 fully saturated rings. The zero-order valence-electron chi connectivity index (χ0n) is 14.9. The second kappa shape index (κ2) is 7.04. The number of rotatable bonds is 4. The zero-order valence-corrected chi connectivity index (χ0v) is 15.7. The third-order valence-corrected chi connectivity index (χ3v) is 4.61. The number of nitrogens with one attached hydrogen (secondary N) is 3. The van der Waals surface area contributed by atoms with Crippen LogP contribution in [0.3, 0.4) is 0 Å². The highest BCUT2D eigenvalue weighted by molar-refractivity contribution is 6.30. The van der Waals surface area contributed by atoms with Gasteiger partial charge in [0.15, 0.2) is 17.3 Å². The lowest BCUT2D eigenvalue weighted by Crippen LogP contribution is -2.37. The third-order valence-electron chi connectivity index (χ3n) is 4.36. The van der Waals surface area contributed by atoms with E-state index in [2.05, 4.69) is 21.4 Å². The minimum absolute atomic E-state index is 0.191. The highest BCUT2D eigenvalue weighted by atomic mass is 35.5. The van der Waals surface area contributed by atoms with Gasteiger partial charge in [-0.3, -0.25) is 4.79 Å². The number of fused-ring (bicyclic) bond motifs is 1. The van der Waals surface area contributed by atoms with Crippen LogP contribution in [0.15, 0.2) is 65.7 Å². The third kappa shape index (κ3) is 3.33. The van der Waals surface area contributed by atoms with Crippen molar-refractivity contribution in [1.29, 1.82) is 0 Å². The second-order valence-electron chi connectivity index (χ2n) is 6.24. The van der Waals surface area contributed by atoms with E-state index in [-0.39, 0.29) is 12.4 Å². The summed E-state index contributed by atoms with van der Waals surface area (Å²) in [6.07, 6.45) is 3.47. The predicted octanol–water partition coefficient (Wildman–Crippen LogP) is 2.66. The number of aromatic nitrogens is 2. The number of hydrogen-bond donors (Lipinski definition) is 3. The SMILES string of the molecule is O=c1cc(Nc2ccc3c(c2)OCO3)c(N2C=CNN2)nn1-c1ccc(Cl)cc1. The smallest absolute Gasteiger partial charge is 0.273 e. The van der Waals surface area contributed by atoms with Crippen molar-refractivity contribution in [3.63, 3.8) is 0 Å². The van der Waals surface area contributed by atoms with Gasteiger partial charge in [-0.2, -0.15) is 4.68 Å². The lowest BCUT2D eigenvalue weighted by Gasteiger charge is -2.20. The Hall–Kier alpha value is -3.69. The van der Waals surface area contributed by atoms with Crippen LogP contribution in [0.1, 0.15) is 0 Å². The van der Waals surface area contributed by atoms with Crippen LogP contribution < -0.4 is 36.3 Å². The van der Waals surface area contributed by atoms with E-state index in [9.17, 15) is 4.79 Å². The fraction of sp³-hybridized carbons (Fsp3) is 0.0526. The van der Waals surface area contributed by atoms with Crippen molar-refractivity contribution in [3.05, 3.63) is 76.3 Å². The summed E-state index contributed by atoms with van der Waals surface area (Å²) < 4.78 is 12.1. The van der Waals surface area contributed by atoms with Crippen LogP contribution in [-0.2, 0) is 0 Å². The molecule has 1 aromatic heterocycles. The minimum atomic E-state index is -0.296. The Morgan fingerprint density at radius 3 is 2.69 bits per heavy atom. The first kappa shape index (κ1) is 17.4. The number of benzene rings is 2. The van der Waals surface area contributed by atoms with Gasteiger partial charge in [0.2, 0.25) is 6.79 Å². The van der Waals surface area contributed by atoms with Gasteiger partial charge in [0.25, 0.3) is 5.56 Å². The molecule has 2 aliphatic rings. The molecule has 2 aliphatic heterocycles. The molecule has 9 nitrogen and oxygen atoms in total. The molecule has 10 heteroatoms. The van der Waals surface area contributed by atoms with E-state index in [4.69, 9.17) is 21.1 Å². The van der Waals surface area contributed by atoms with Gasteiger partial charge in [0.1, 0.15) is 0 Å². The first-order valence-corrected chi connectivity index (χ1v) is 9.09. The van der Waals surface area contributed by atoms with Crippen LogP contribution in [0.2, 0.25) is 5.02 Å². The van der Waals surface area contributed by atoms with E-state index in [1.165, 1.54) is 10.7 Å². The summed E-state index contributed by atoms with van der Waals surface area (Å²) >= 11 is 5.96. The molecule has 2 aromatic carbocycles. The van der Waals surface area contributed by atoms with Crippen molar-refractivity contribution in [3.8, 4) is 17.2 Å².